The summed E-state index contributed by atoms with van der Waals surface area (Å²) in [6.45, 7) is 8.73. The number of nitrogens with zero attached hydrogens (tertiary/aromatic N) is 1. The number of hydrogen-bond acceptors (Lipinski definition) is 2. The molecule has 0 bridgehead atoms. The van der Waals surface area contributed by atoms with E-state index in [9.17, 15) is 4.39 Å². The van der Waals surface area contributed by atoms with Gasteiger partial charge in [-0.1, -0.05) is 26.0 Å². The highest BCUT2D eigenvalue weighted by atomic mass is 19.1. The summed E-state index contributed by atoms with van der Waals surface area (Å²) in [7, 11) is 0. The molecule has 1 saturated heterocycles. The topological polar surface area (TPSA) is 15.3 Å². The maximum Gasteiger partial charge on any atom is 0.146 e. The maximum absolute atomic E-state index is 13.3. The van der Waals surface area contributed by atoms with Gasteiger partial charge in [-0.15, -0.1) is 0 Å². The van der Waals surface area contributed by atoms with E-state index in [1.165, 1.54) is 19.2 Å². The van der Waals surface area contributed by atoms with Crippen molar-refractivity contribution in [2.75, 3.05) is 31.5 Å². The van der Waals surface area contributed by atoms with Crippen LogP contribution in [0.2, 0.25) is 0 Å². The zero-order chi connectivity index (χ0) is 12.3. The SMILES string of the molecule is CC1CN(CCNc2ccccc2F)CC1C. The number of para-hydroxylation sites is 1. The first kappa shape index (κ1) is 12.4. The van der Waals surface area contributed by atoms with Crippen LogP contribution in [0.15, 0.2) is 24.3 Å². The summed E-state index contributed by atoms with van der Waals surface area (Å²) in [5.74, 6) is 1.39. The van der Waals surface area contributed by atoms with Gasteiger partial charge >= 0.3 is 0 Å². The molecule has 3 heteroatoms. The van der Waals surface area contributed by atoms with E-state index in [1.54, 1.807) is 12.1 Å². The van der Waals surface area contributed by atoms with Crippen molar-refractivity contribution in [2.24, 2.45) is 11.8 Å². The van der Waals surface area contributed by atoms with Gasteiger partial charge in [-0.2, -0.15) is 0 Å². The fourth-order valence-electron chi connectivity index (χ4n) is 2.38. The van der Waals surface area contributed by atoms with Crippen molar-refractivity contribution in [3.05, 3.63) is 30.1 Å². The lowest BCUT2D eigenvalue weighted by atomic mass is 10.0. The van der Waals surface area contributed by atoms with Crippen LogP contribution in [0.3, 0.4) is 0 Å². The Hall–Kier alpha value is -1.09. The Bertz CT molecular complexity index is 357. The van der Waals surface area contributed by atoms with E-state index in [-0.39, 0.29) is 5.82 Å². The van der Waals surface area contributed by atoms with Crippen LogP contribution in [-0.4, -0.2) is 31.1 Å². The van der Waals surface area contributed by atoms with Crippen molar-refractivity contribution in [3.63, 3.8) is 0 Å². The number of benzene rings is 1. The molecule has 2 rings (SSSR count). The summed E-state index contributed by atoms with van der Waals surface area (Å²) >= 11 is 0. The van der Waals surface area contributed by atoms with Crippen LogP contribution in [0.5, 0.6) is 0 Å². The van der Waals surface area contributed by atoms with Crippen LogP contribution >= 0.6 is 0 Å². The molecule has 0 amide bonds. The number of hydrogen-bond donors (Lipinski definition) is 1. The molecule has 1 aromatic carbocycles. The van der Waals surface area contributed by atoms with Gasteiger partial charge in [0, 0.05) is 26.2 Å². The highest BCUT2D eigenvalue weighted by Gasteiger charge is 2.25. The molecule has 1 aromatic rings. The highest BCUT2D eigenvalue weighted by molar-refractivity contribution is 5.44. The molecule has 1 N–H and O–H groups in total. The van der Waals surface area contributed by atoms with Gasteiger partial charge in [0.25, 0.3) is 0 Å². The zero-order valence-corrected chi connectivity index (χ0v) is 10.6. The predicted molar refractivity (Wildman–Crippen MR) is 69.7 cm³/mol. The molecule has 17 heavy (non-hydrogen) atoms. The summed E-state index contributed by atoms with van der Waals surface area (Å²) in [5, 5.41) is 3.15. The van der Waals surface area contributed by atoms with Gasteiger partial charge in [0.2, 0.25) is 0 Å². The van der Waals surface area contributed by atoms with Crippen molar-refractivity contribution in [1.29, 1.82) is 0 Å². The third kappa shape index (κ3) is 3.19. The Morgan fingerprint density at radius 3 is 2.53 bits per heavy atom. The second-order valence-corrected chi connectivity index (χ2v) is 5.12. The monoisotopic (exact) mass is 236 g/mol. The molecule has 1 heterocycles. The minimum absolute atomic E-state index is 0.171. The average molecular weight is 236 g/mol. The Labute approximate surface area is 103 Å². The van der Waals surface area contributed by atoms with E-state index < -0.39 is 0 Å². The molecule has 1 aliphatic rings. The molecule has 0 saturated carbocycles. The molecule has 94 valence electrons. The first-order valence-corrected chi connectivity index (χ1v) is 6.37. The maximum atomic E-state index is 13.3. The number of anilines is 1. The predicted octanol–water partition coefficient (Wildman–Crippen LogP) is 2.83. The van der Waals surface area contributed by atoms with E-state index in [0.29, 0.717) is 5.69 Å². The minimum Gasteiger partial charge on any atom is -0.381 e. The van der Waals surface area contributed by atoms with Crippen LogP contribution in [0, 0.1) is 17.7 Å². The Morgan fingerprint density at radius 2 is 1.88 bits per heavy atom. The quantitative estimate of drug-likeness (QED) is 0.864. The van der Waals surface area contributed by atoms with Gasteiger partial charge in [0.1, 0.15) is 5.82 Å². The van der Waals surface area contributed by atoms with Crippen molar-refractivity contribution in [2.45, 2.75) is 13.8 Å². The average Bonchev–Trinajstić information content (AvgIpc) is 2.61. The van der Waals surface area contributed by atoms with E-state index in [4.69, 9.17) is 0 Å². The fraction of sp³-hybridized carbons (Fsp3) is 0.571. The summed E-state index contributed by atoms with van der Waals surface area (Å²) in [5.41, 5.74) is 0.604. The largest absolute Gasteiger partial charge is 0.381 e. The second-order valence-electron chi connectivity index (χ2n) is 5.12. The van der Waals surface area contributed by atoms with Crippen molar-refractivity contribution in [1.82, 2.24) is 4.90 Å². The molecule has 0 aromatic heterocycles. The molecule has 2 nitrogen and oxygen atoms in total. The van der Waals surface area contributed by atoms with E-state index in [0.717, 1.165) is 24.9 Å². The van der Waals surface area contributed by atoms with Crippen molar-refractivity contribution in [3.8, 4) is 0 Å². The van der Waals surface area contributed by atoms with Gasteiger partial charge in [0.05, 0.1) is 5.69 Å². The van der Waals surface area contributed by atoms with Gasteiger partial charge < -0.3 is 10.2 Å². The van der Waals surface area contributed by atoms with Crippen molar-refractivity contribution >= 4 is 5.69 Å². The van der Waals surface area contributed by atoms with Gasteiger partial charge in [-0.05, 0) is 24.0 Å². The highest BCUT2D eigenvalue weighted by Crippen LogP contribution is 2.21. The second kappa shape index (κ2) is 5.50. The molecule has 0 radical (unpaired) electrons. The molecule has 2 atom stereocenters. The number of likely N-dealkylation sites (tertiary alicyclic amines) is 1. The van der Waals surface area contributed by atoms with Crippen molar-refractivity contribution < 1.29 is 4.39 Å². The number of nitrogens with one attached hydrogen (secondary N) is 1. The van der Waals surface area contributed by atoms with Crippen LogP contribution in [0.25, 0.3) is 0 Å². The number of rotatable bonds is 4. The molecular formula is C14H21FN2. The Kier molecular flexibility index (Phi) is 4.00. The zero-order valence-electron chi connectivity index (χ0n) is 10.6. The summed E-state index contributed by atoms with van der Waals surface area (Å²) in [4.78, 5) is 2.45. The summed E-state index contributed by atoms with van der Waals surface area (Å²) < 4.78 is 13.3. The van der Waals surface area contributed by atoms with Crippen LogP contribution in [0.1, 0.15) is 13.8 Å². The molecule has 1 fully saturated rings. The smallest absolute Gasteiger partial charge is 0.146 e. The lowest BCUT2D eigenvalue weighted by Crippen LogP contribution is -2.27. The minimum atomic E-state index is -0.171. The molecule has 0 aliphatic carbocycles. The molecular weight excluding hydrogens is 215 g/mol. The fourth-order valence-corrected chi connectivity index (χ4v) is 2.38. The number of halogens is 1. The summed E-state index contributed by atoms with van der Waals surface area (Å²) in [6.07, 6.45) is 0. The summed E-state index contributed by atoms with van der Waals surface area (Å²) in [6, 6.07) is 6.84. The van der Waals surface area contributed by atoms with E-state index >= 15 is 0 Å². The Morgan fingerprint density at radius 1 is 1.24 bits per heavy atom. The van der Waals surface area contributed by atoms with Gasteiger partial charge in [0.15, 0.2) is 0 Å². The Balaban J connectivity index is 1.75. The molecule has 1 aliphatic heterocycles. The van der Waals surface area contributed by atoms with E-state index in [1.807, 2.05) is 6.07 Å². The molecule has 2 unspecified atom stereocenters. The third-order valence-corrected chi connectivity index (χ3v) is 3.68. The third-order valence-electron chi connectivity index (χ3n) is 3.68. The van der Waals surface area contributed by atoms with Gasteiger partial charge in [-0.3, -0.25) is 0 Å². The van der Waals surface area contributed by atoms with Gasteiger partial charge in [-0.25, -0.2) is 4.39 Å². The first-order chi connectivity index (χ1) is 8.16. The lowest BCUT2D eigenvalue weighted by Gasteiger charge is -2.16. The first-order valence-electron chi connectivity index (χ1n) is 6.37. The molecule has 0 spiro atoms. The normalized spacial score (nSPS) is 25.1. The standard InChI is InChI=1S/C14H21FN2/c1-11-9-17(10-12(11)2)8-7-16-14-6-4-3-5-13(14)15/h3-6,11-12,16H,7-10H2,1-2H3. The van der Waals surface area contributed by atoms with Crippen LogP contribution in [0.4, 0.5) is 10.1 Å². The van der Waals surface area contributed by atoms with E-state index in [2.05, 4.69) is 24.1 Å². The van der Waals surface area contributed by atoms with Crippen LogP contribution < -0.4 is 5.32 Å². The lowest BCUT2D eigenvalue weighted by molar-refractivity contribution is 0.336. The van der Waals surface area contributed by atoms with Crippen LogP contribution in [-0.2, 0) is 0 Å².